The smallest absolute Gasteiger partial charge is 0.430 e. The topological polar surface area (TPSA) is 124 Å². The first kappa shape index (κ1) is 19.8. The molecule has 0 saturated heterocycles. The van der Waals surface area contributed by atoms with Gasteiger partial charge in [-0.1, -0.05) is 10.7 Å². The van der Waals surface area contributed by atoms with Crippen molar-refractivity contribution in [2.75, 3.05) is 0 Å². The first-order valence-electron chi connectivity index (χ1n) is 7.34. The lowest BCUT2D eigenvalue weighted by Crippen LogP contribution is -2.38. The summed E-state index contributed by atoms with van der Waals surface area (Å²) in [6, 6.07) is 7.53. The van der Waals surface area contributed by atoms with E-state index in [9.17, 15) is 18.0 Å². The molecule has 0 aliphatic carbocycles. The number of hydrogen-bond acceptors (Lipinski definition) is 6. The highest BCUT2D eigenvalue weighted by atomic mass is 19.4. The van der Waals surface area contributed by atoms with Crippen LogP contribution in [-0.4, -0.2) is 42.9 Å². The fourth-order valence-corrected chi connectivity index (χ4v) is 1.90. The number of carbonyl (C=O) groups excluding carboxylic acids is 1. The number of carboxylic acids is 2. The third-order valence-electron chi connectivity index (χ3n) is 3.13. The average Bonchev–Trinajstić information content (AvgIpc) is 3.04. The zero-order valence-corrected chi connectivity index (χ0v) is 13.5. The van der Waals surface area contributed by atoms with Crippen LogP contribution in [0.1, 0.15) is 6.42 Å². The molecule has 0 fully saturated rings. The van der Waals surface area contributed by atoms with E-state index in [-0.39, 0.29) is 6.42 Å². The van der Waals surface area contributed by atoms with Gasteiger partial charge in [0.05, 0.1) is 5.56 Å². The number of halogens is 3. The maximum absolute atomic E-state index is 10.5. The van der Waals surface area contributed by atoms with Crippen LogP contribution in [0.4, 0.5) is 13.2 Å². The van der Waals surface area contributed by atoms with Crippen LogP contribution < -0.4 is 9.79 Å². The van der Waals surface area contributed by atoms with Gasteiger partial charge in [0.25, 0.3) is 0 Å². The lowest BCUT2D eigenvalue weighted by Gasteiger charge is -2.03. The Bertz CT molecular complexity index is 941. The SMILES string of the molecule is O=C(O)CC[n+]1ccc(-c2nnc3ccccn23)cn1.O=C([O-])C(F)(F)F. The van der Waals surface area contributed by atoms with Gasteiger partial charge >= 0.3 is 12.1 Å². The highest BCUT2D eigenvalue weighted by Crippen LogP contribution is 2.15. The highest BCUT2D eigenvalue weighted by Gasteiger charge is 2.28. The highest BCUT2D eigenvalue weighted by molar-refractivity contribution is 5.70. The van der Waals surface area contributed by atoms with E-state index in [2.05, 4.69) is 15.3 Å². The van der Waals surface area contributed by atoms with Gasteiger partial charge in [0, 0.05) is 12.3 Å². The minimum atomic E-state index is -5.19. The minimum absolute atomic E-state index is 0.0465. The number of aliphatic carboxylic acids is 2. The maximum atomic E-state index is 10.5. The van der Waals surface area contributed by atoms with Gasteiger partial charge in [0.15, 0.2) is 24.2 Å². The largest absolute Gasteiger partial charge is 0.542 e. The van der Waals surface area contributed by atoms with Gasteiger partial charge in [-0.25, -0.2) is 0 Å². The van der Waals surface area contributed by atoms with Crippen LogP contribution in [-0.2, 0) is 16.1 Å². The second kappa shape index (κ2) is 8.21. The van der Waals surface area contributed by atoms with Gasteiger partial charge in [-0.2, -0.15) is 13.2 Å². The molecule has 3 rings (SSSR count). The first-order chi connectivity index (χ1) is 12.7. The molecule has 0 atom stereocenters. The molecule has 0 aromatic carbocycles. The summed E-state index contributed by atoms with van der Waals surface area (Å²) in [4.78, 5) is 19.3. The van der Waals surface area contributed by atoms with Crippen molar-refractivity contribution >= 4 is 17.6 Å². The van der Waals surface area contributed by atoms with E-state index in [4.69, 9.17) is 15.0 Å². The van der Waals surface area contributed by atoms with Gasteiger partial charge in [-0.05, 0) is 17.2 Å². The van der Waals surface area contributed by atoms with Crippen molar-refractivity contribution in [3.8, 4) is 11.4 Å². The standard InChI is InChI=1S/C13H11N5O2.C2HF3O2/c19-12(20)5-8-17-7-4-10(9-14-17)13-16-15-11-3-1-2-6-18(11)13;3-2(4,5)1(6)7/h1-4,6-7,9H,5,8H2;(H,6,7). The van der Waals surface area contributed by atoms with Crippen LogP contribution in [0.15, 0.2) is 42.9 Å². The molecule has 0 bridgehead atoms. The van der Waals surface area contributed by atoms with Crippen LogP contribution in [0.3, 0.4) is 0 Å². The molecule has 3 aromatic rings. The number of alkyl halides is 3. The first-order valence-corrected chi connectivity index (χ1v) is 7.34. The van der Waals surface area contributed by atoms with E-state index < -0.39 is 18.1 Å². The molecule has 9 nitrogen and oxygen atoms in total. The molecule has 3 heterocycles. The third-order valence-corrected chi connectivity index (χ3v) is 3.13. The van der Waals surface area contributed by atoms with E-state index in [0.29, 0.717) is 12.4 Å². The molecule has 27 heavy (non-hydrogen) atoms. The number of carboxylic acid groups (broad SMARTS) is 2. The van der Waals surface area contributed by atoms with Crippen LogP contribution >= 0.6 is 0 Å². The fourth-order valence-electron chi connectivity index (χ4n) is 1.90. The second-order valence-corrected chi connectivity index (χ2v) is 5.06. The maximum Gasteiger partial charge on any atom is 0.430 e. The van der Waals surface area contributed by atoms with Crippen molar-refractivity contribution in [1.82, 2.24) is 19.7 Å². The van der Waals surface area contributed by atoms with Gasteiger partial charge < -0.3 is 15.0 Å². The predicted molar refractivity (Wildman–Crippen MR) is 79.7 cm³/mol. The lowest BCUT2D eigenvalue weighted by molar-refractivity contribution is -0.752. The predicted octanol–water partition coefficient (Wildman–Crippen LogP) is -0.148. The summed E-state index contributed by atoms with van der Waals surface area (Å²) in [7, 11) is 0. The Balaban J connectivity index is 0.000000321. The van der Waals surface area contributed by atoms with Gasteiger partial charge in [-0.15, -0.1) is 10.2 Å². The molecule has 142 valence electrons. The van der Waals surface area contributed by atoms with E-state index in [0.717, 1.165) is 11.2 Å². The normalized spacial score (nSPS) is 10.9. The minimum Gasteiger partial charge on any atom is -0.542 e. The summed E-state index contributed by atoms with van der Waals surface area (Å²) in [5, 5.41) is 29.8. The molecule has 0 saturated carbocycles. The molecule has 0 amide bonds. The molecule has 0 radical (unpaired) electrons. The van der Waals surface area contributed by atoms with E-state index in [1.54, 1.807) is 17.1 Å². The number of pyridine rings is 1. The molecule has 12 heteroatoms. The zero-order valence-electron chi connectivity index (χ0n) is 13.5. The summed E-state index contributed by atoms with van der Waals surface area (Å²) < 4.78 is 35.0. The van der Waals surface area contributed by atoms with Crippen LogP contribution in [0.25, 0.3) is 17.0 Å². The number of nitrogens with zero attached hydrogens (tertiary/aromatic N) is 5. The quantitative estimate of drug-likeness (QED) is 0.622. The fraction of sp³-hybridized carbons (Fsp3) is 0.200. The summed E-state index contributed by atoms with van der Waals surface area (Å²) in [5.74, 6) is -3.14. The van der Waals surface area contributed by atoms with Gasteiger partial charge in [0.1, 0.15) is 18.6 Å². The van der Waals surface area contributed by atoms with Crippen LogP contribution in [0.2, 0.25) is 0 Å². The Kier molecular flexibility index (Phi) is 6.00. The Morgan fingerprint density at radius 1 is 1.22 bits per heavy atom. The molecule has 0 unspecified atom stereocenters. The molecular weight excluding hydrogens is 371 g/mol. The molecule has 0 spiro atoms. The van der Waals surface area contributed by atoms with E-state index in [1.165, 1.54) is 0 Å². The summed E-state index contributed by atoms with van der Waals surface area (Å²) in [5.41, 5.74) is 1.60. The third kappa shape index (κ3) is 5.45. The monoisotopic (exact) mass is 383 g/mol. The molecular formula is C15H12F3N5O4. The summed E-state index contributed by atoms with van der Waals surface area (Å²) in [6.07, 6.45) is 0.134. The van der Waals surface area contributed by atoms with Crippen molar-refractivity contribution in [1.29, 1.82) is 0 Å². The summed E-state index contributed by atoms with van der Waals surface area (Å²) in [6.45, 7) is 0.343. The molecule has 0 aliphatic heterocycles. The van der Waals surface area contributed by atoms with Crippen molar-refractivity contribution in [2.45, 2.75) is 19.1 Å². The molecule has 3 aromatic heterocycles. The van der Waals surface area contributed by atoms with E-state index in [1.807, 2.05) is 34.9 Å². The second-order valence-electron chi connectivity index (χ2n) is 5.06. The Morgan fingerprint density at radius 3 is 2.48 bits per heavy atom. The van der Waals surface area contributed by atoms with Crippen molar-refractivity contribution in [3.05, 3.63) is 42.9 Å². The van der Waals surface area contributed by atoms with Gasteiger partial charge in [0.2, 0.25) is 0 Å². The number of rotatable bonds is 4. The van der Waals surface area contributed by atoms with Crippen molar-refractivity contribution in [2.24, 2.45) is 0 Å². The van der Waals surface area contributed by atoms with Crippen LogP contribution in [0.5, 0.6) is 0 Å². The molecule has 0 aliphatic rings. The van der Waals surface area contributed by atoms with Crippen molar-refractivity contribution in [3.63, 3.8) is 0 Å². The number of hydrogen-bond donors (Lipinski definition) is 1. The Morgan fingerprint density at radius 2 is 1.93 bits per heavy atom. The number of aromatic nitrogens is 5. The van der Waals surface area contributed by atoms with Crippen molar-refractivity contribution < 1.29 is 37.7 Å². The Hall–Kier alpha value is -3.57. The van der Waals surface area contributed by atoms with Crippen LogP contribution in [0, 0.1) is 0 Å². The number of carbonyl (C=O) groups is 2. The number of aryl methyl sites for hydroxylation is 1. The Labute approximate surface area is 149 Å². The van der Waals surface area contributed by atoms with Gasteiger partial charge in [-0.3, -0.25) is 9.20 Å². The van der Waals surface area contributed by atoms with E-state index >= 15 is 0 Å². The lowest BCUT2D eigenvalue weighted by atomic mass is 10.3. The number of fused-ring (bicyclic) bond motifs is 1. The summed E-state index contributed by atoms with van der Waals surface area (Å²) >= 11 is 0. The average molecular weight is 383 g/mol. The molecule has 1 N–H and O–H groups in total. The zero-order chi connectivity index (χ0) is 20.0.